The molecule has 0 saturated carbocycles. The predicted molar refractivity (Wildman–Crippen MR) is 106 cm³/mol. The maximum Gasteiger partial charge on any atom is 0.411 e. The van der Waals surface area contributed by atoms with Crippen LogP contribution in [0.1, 0.15) is 35.6 Å². The zero-order valence-electron chi connectivity index (χ0n) is 16.0. The highest BCUT2D eigenvalue weighted by Gasteiger charge is 2.44. The number of carbonyl (C=O) groups excluding carboxylic acids is 1. The minimum atomic E-state index is -0.284. The summed E-state index contributed by atoms with van der Waals surface area (Å²) in [5.41, 5.74) is 3.54. The van der Waals surface area contributed by atoms with Crippen molar-refractivity contribution in [3.63, 3.8) is 0 Å². The molecule has 4 aliphatic rings. The van der Waals surface area contributed by atoms with Crippen LogP contribution in [0.3, 0.4) is 0 Å². The highest BCUT2D eigenvalue weighted by molar-refractivity contribution is 5.70. The summed E-state index contributed by atoms with van der Waals surface area (Å²) in [7, 11) is 0. The Balaban J connectivity index is 1.42. The molecule has 0 radical (unpaired) electrons. The van der Waals surface area contributed by atoms with Crippen LogP contribution in [0, 0.1) is 11.1 Å². The van der Waals surface area contributed by atoms with Crippen LogP contribution in [0.4, 0.5) is 4.79 Å². The lowest BCUT2D eigenvalue weighted by atomic mass is 9.85. The first kappa shape index (κ1) is 17.7. The normalized spacial score (nSPS) is 31.3. The maximum absolute atomic E-state index is 13.2. The number of hydrogen-bond donors (Lipinski definition) is 0. The molecule has 0 unspecified atom stereocenters. The highest BCUT2D eigenvalue weighted by atomic mass is 16.6. The summed E-state index contributed by atoms with van der Waals surface area (Å²) in [6.45, 7) is 2.38. The number of benzene rings is 2. The molecular weight excluding hydrogens is 352 g/mol. The van der Waals surface area contributed by atoms with Crippen LogP contribution in [0.5, 0.6) is 0 Å². The second-order valence-electron chi connectivity index (χ2n) is 8.40. The molecule has 0 aromatic heterocycles. The fraction of sp³-hybridized carbons (Fsp3) is 0.435. The van der Waals surface area contributed by atoms with Gasteiger partial charge in [0.1, 0.15) is 6.54 Å². The van der Waals surface area contributed by atoms with E-state index in [2.05, 4.69) is 30.3 Å². The van der Waals surface area contributed by atoms with Crippen LogP contribution in [0.25, 0.3) is 0 Å². The van der Waals surface area contributed by atoms with Crippen molar-refractivity contribution in [2.24, 2.45) is 5.92 Å². The predicted octanol–water partition coefficient (Wildman–Crippen LogP) is 3.88. The van der Waals surface area contributed by atoms with E-state index in [1.54, 1.807) is 0 Å². The Morgan fingerprint density at radius 2 is 1.75 bits per heavy atom. The largest absolute Gasteiger partial charge is 0.633 e. The average molecular weight is 378 g/mol. The number of fused-ring (bicyclic) bond motifs is 4. The van der Waals surface area contributed by atoms with Gasteiger partial charge in [-0.3, -0.25) is 4.90 Å². The number of piperidine rings is 3. The lowest BCUT2D eigenvalue weighted by molar-refractivity contribution is -0.900. The number of ether oxygens (including phenoxy) is 1. The van der Waals surface area contributed by atoms with E-state index in [-0.39, 0.29) is 22.9 Å². The molecule has 0 aliphatic carbocycles. The number of rotatable bonds is 2. The van der Waals surface area contributed by atoms with Gasteiger partial charge in [0.2, 0.25) is 0 Å². The third kappa shape index (κ3) is 3.09. The number of hydrogen-bond acceptors (Lipinski definition) is 3. The topological polar surface area (TPSA) is 52.6 Å². The van der Waals surface area contributed by atoms with Crippen LogP contribution in [0.2, 0.25) is 0 Å². The Bertz CT molecular complexity index is 861. The molecule has 6 rings (SSSR count). The SMILES string of the molecule is O=C(O[C@H]1C[N+]2([O-])CCC1CC2)N1CCc2ccccc2[C@H]1c1ccccc1. The van der Waals surface area contributed by atoms with Gasteiger partial charge in [0.05, 0.1) is 19.1 Å². The van der Waals surface area contributed by atoms with E-state index in [0.717, 1.165) is 30.4 Å². The van der Waals surface area contributed by atoms with Gasteiger partial charge in [0, 0.05) is 25.3 Å². The minimum Gasteiger partial charge on any atom is -0.633 e. The molecule has 146 valence electrons. The fourth-order valence-electron chi connectivity index (χ4n) is 5.18. The van der Waals surface area contributed by atoms with Gasteiger partial charge in [-0.1, -0.05) is 54.6 Å². The Morgan fingerprint density at radius 1 is 1.04 bits per heavy atom. The van der Waals surface area contributed by atoms with Crippen LogP contribution < -0.4 is 0 Å². The lowest BCUT2D eigenvalue weighted by Gasteiger charge is -2.55. The van der Waals surface area contributed by atoms with Crippen molar-refractivity contribution in [2.45, 2.75) is 31.4 Å². The molecule has 1 amide bonds. The van der Waals surface area contributed by atoms with Crippen molar-refractivity contribution < 1.29 is 14.2 Å². The van der Waals surface area contributed by atoms with E-state index in [4.69, 9.17) is 4.74 Å². The van der Waals surface area contributed by atoms with Gasteiger partial charge in [-0.2, -0.15) is 0 Å². The zero-order chi connectivity index (χ0) is 19.1. The molecule has 3 saturated heterocycles. The Labute approximate surface area is 165 Å². The molecule has 4 aliphatic heterocycles. The molecular formula is C23H26N2O3. The standard InChI is InChI=1S/C23H26N2O3/c26-23(28-21-16-25(27)14-11-18(21)12-15-25)24-13-10-17-6-4-5-9-20(17)22(24)19-7-2-1-3-8-19/h1-9,18,21-22H,10-16H2/t18?,21-,22+,25?/m0/s1. The van der Waals surface area contributed by atoms with E-state index in [1.807, 2.05) is 29.2 Å². The molecule has 3 fully saturated rings. The van der Waals surface area contributed by atoms with Crippen molar-refractivity contribution >= 4 is 6.09 Å². The molecule has 2 atom stereocenters. The summed E-state index contributed by atoms with van der Waals surface area (Å²) < 4.78 is 5.77. The number of hydroxylamine groups is 3. The van der Waals surface area contributed by atoms with Crippen LogP contribution in [-0.4, -0.2) is 47.9 Å². The van der Waals surface area contributed by atoms with Crippen molar-refractivity contribution in [3.05, 3.63) is 76.5 Å². The zero-order valence-corrected chi connectivity index (χ0v) is 16.0. The van der Waals surface area contributed by atoms with Crippen LogP contribution >= 0.6 is 0 Å². The first-order valence-electron chi connectivity index (χ1n) is 10.3. The van der Waals surface area contributed by atoms with E-state index in [1.165, 1.54) is 5.56 Å². The van der Waals surface area contributed by atoms with Crippen molar-refractivity contribution in [1.29, 1.82) is 0 Å². The number of carbonyl (C=O) groups is 1. The number of amides is 1. The van der Waals surface area contributed by atoms with E-state index in [0.29, 0.717) is 32.1 Å². The van der Waals surface area contributed by atoms with Gasteiger partial charge in [0.15, 0.2) is 6.10 Å². The van der Waals surface area contributed by atoms with Gasteiger partial charge in [-0.25, -0.2) is 4.79 Å². The van der Waals surface area contributed by atoms with Gasteiger partial charge in [-0.05, 0) is 23.1 Å². The second-order valence-corrected chi connectivity index (χ2v) is 8.40. The quantitative estimate of drug-likeness (QED) is 0.589. The molecule has 2 aromatic carbocycles. The van der Waals surface area contributed by atoms with Crippen molar-refractivity contribution in [1.82, 2.24) is 4.90 Å². The van der Waals surface area contributed by atoms with Crippen LogP contribution in [0.15, 0.2) is 54.6 Å². The Kier molecular flexibility index (Phi) is 4.37. The molecule has 0 N–H and O–H groups in total. The summed E-state index contributed by atoms with van der Waals surface area (Å²) in [4.78, 5) is 15.1. The molecule has 4 heterocycles. The third-order valence-corrected chi connectivity index (χ3v) is 6.74. The second kappa shape index (κ2) is 6.90. The number of quaternary nitrogens is 1. The van der Waals surface area contributed by atoms with Crippen molar-refractivity contribution in [3.8, 4) is 0 Å². The maximum atomic E-state index is 13.2. The highest BCUT2D eigenvalue weighted by Crippen LogP contribution is 2.38. The molecule has 0 spiro atoms. The van der Waals surface area contributed by atoms with E-state index in [9.17, 15) is 10.0 Å². The van der Waals surface area contributed by atoms with E-state index >= 15 is 0 Å². The summed E-state index contributed by atoms with van der Waals surface area (Å²) in [5, 5.41) is 12.7. The fourth-order valence-corrected chi connectivity index (χ4v) is 5.18. The summed E-state index contributed by atoms with van der Waals surface area (Å²) in [5.74, 6) is 0.338. The molecule has 5 heteroatoms. The molecule has 28 heavy (non-hydrogen) atoms. The first-order chi connectivity index (χ1) is 13.6. The van der Waals surface area contributed by atoms with Gasteiger partial charge >= 0.3 is 6.09 Å². The number of nitrogens with zero attached hydrogens (tertiary/aromatic N) is 2. The van der Waals surface area contributed by atoms with Gasteiger partial charge < -0.3 is 14.6 Å². The van der Waals surface area contributed by atoms with E-state index < -0.39 is 0 Å². The van der Waals surface area contributed by atoms with Crippen LogP contribution in [-0.2, 0) is 11.2 Å². The average Bonchev–Trinajstić information content (AvgIpc) is 2.73. The van der Waals surface area contributed by atoms with Crippen molar-refractivity contribution in [2.75, 3.05) is 26.2 Å². The smallest absolute Gasteiger partial charge is 0.411 e. The summed E-state index contributed by atoms with van der Waals surface area (Å²) >= 11 is 0. The Hall–Kier alpha value is -2.37. The third-order valence-electron chi connectivity index (χ3n) is 6.74. The van der Waals surface area contributed by atoms with Gasteiger partial charge in [0.25, 0.3) is 0 Å². The summed E-state index contributed by atoms with van der Waals surface area (Å²) in [6, 6.07) is 18.3. The first-order valence-corrected chi connectivity index (χ1v) is 10.3. The van der Waals surface area contributed by atoms with Gasteiger partial charge in [-0.15, -0.1) is 0 Å². The molecule has 5 nitrogen and oxygen atoms in total. The lowest BCUT2D eigenvalue weighted by Crippen LogP contribution is -2.61. The molecule has 2 bridgehead atoms. The Morgan fingerprint density at radius 3 is 2.50 bits per heavy atom. The summed E-state index contributed by atoms with van der Waals surface area (Å²) in [6.07, 6.45) is 2.03. The minimum absolute atomic E-state index is 0.143. The molecule has 2 aromatic rings. The monoisotopic (exact) mass is 378 g/mol.